The van der Waals surface area contributed by atoms with Crippen molar-refractivity contribution in [2.24, 2.45) is 0 Å². The number of ether oxygens (including phenoxy) is 1. The van der Waals surface area contributed by atoms with E-state index in [-0.39, 0.29) is 6.09 Å². The molecule has 1 amide bonds. The average Bonchev–Trinajstić information content (AvgIpc) is 2.15. The molecule has 0 N–H and O–H groups in total. The molecule has 0 spiro atoms. The number of benzene rings is 1. The zero-order valence-corrected chi connectivity index (χ0v) is 11.1. The van der Waals surface area contributed by atoms with Crippen molar-refractivity contribution in [2.45, 2.75) is 26.4 Å². The first-order chi connectivity index (χ1) is 7.29. The molecule has 3 radical (unpaired) electrons. The second kappa shape index (κ2) is 4.70. The van der Waals surface area contributed by atoms with Crippen molar-refractivity contribution >= 4 is 27.2 Å². The molecule has 0 saturated carbocycles. The van der Waals surface area contributed by atoms with Gasteiger partial charge in [0.2, 0.25) is 0 Å². The molecule has 1 rings (SSSR count). The van der Waals surface area contributed by atoms with E-state index in [1.165, 1.54) is 4.90 Å². The Bertz CT molecular complexity index is 368. The largest absolute Gasteiger partial charge is 0.443 e. The minimum Gasteiger partial charge on any atom is -0.443 e. The first-order valence-electron chi connectivity index (χ1n) is 5.08. The summed E-state index contributed by atoms with van der Waals surface area (Å²) >= 11 is 0. The number of hydrogen-bond donors (Lipinski definition) is 0. The van der Waals surface area contributed by atoms with E-state index in [1.807, 2.05) is 45.0 Å². The van der Waals surface area contributed by atoms with Crippen molar-refractivity contribution in [3.63, 3.8) is 0 Å². The normalized spacial score (nSPS) is 11.1. The smallest absolute Gasteiger partial charge is 0.414 e. The second-order valence-electron chi connectivity index (χ2n) is 4.59. The van der Waals surface area contributed by atoms with Gasteiger partial charge in [-0.25, -0.2) is 4.79 Å². The maximum atomic E-state index is 11.7. The quantitative estimate of drug-likeness (QED) is 0.694. The van der Waals surface area contributed by atoms with Gasteiger partial charge in [0, 0.05) is 12.7 Å². The molecule has 16 heavy (non-hydrogen) atoms. The van der Waals surface area contributed by atoms with E-state index < -0.39 is 5.60 Å². The topological polar surface area (TPSA) is 29.5 Å². The summed E-state index contributed by atoms with van der Waals surface area (Å²) in [4.78, 5) is 13.2. The van der Waals surface area contributed by atoms with Crippen LogP contribution >= 0.6 is 0 Å². The van der Waals surface area contributed by atoms with Crippen LogP contribution in [-0.4, -0.2) is 29.0 Å². The predicted octanol–water partition coefficient (Wildman–Crippen LogP) is 1.85. The summed E-state index contributed by atoms with van der Waals surface area (Å²) in [6.45, 7) is 5.54. The van der Waals surface area contributed by atoms with Crippen molar-refractivity contribution in [3.8, 4) is 0 Å². The fraction of sp³-hybridized carbons (Fsp3) is 0.417. The molecule has 1 aromatic rings. The molecule has 85 valence electrons. The number of nitrogens with zero attached hydrogens (tertiary/aromatic N) is 1. The Balaban J connectivity index is 2.74. The van der Waals surface area contributed by atoms with Crippen molar-refractivity contribution in [3.05, 3.63) is 24.3 Å². The fourth-order valence-corrected chi connectivity index (χ4v) is 1.29. The molecule has 4 heteroatoms. The van der Waals surface area contributed by atoms with Crippen LogP contribution in [0.2, 0.25) is 0 Å². The maximum absolute atomic E-state index is 11.7. The second-order valence-corrected chi connectivity index (χ2v) is 5.16. The Morgan fingerprint density at radius 2 is 1.75 bits per heavy atom. The van der Waals surface area contributed by atoms with Gasteiger partial charge in [0.25, 0.3) is 0 Å². The van der Waals surface area contributed by atoms with Crippen molar-refractivity contribution in [2.75, 3.05) is 11.9 Å². The van der Waals surface area contributed by atoms with Gasteiger partial charge in [-0.1, -0.05) is 17.3 Å². The summed E-state index contributed by atoms with van der Waals surface area (Å²) in [5, 5.41) is 0.973. The number of rotatable bonds is 1. The summed E-state index contributed by atoms with van der Waals surface area (Å²) in [5.41, 5.74) is 0.330. The molecule has 0 aliphatic heterocycles. The fourth-order valence-electron chi connectivity index (χ4n) is 1.12. The lowest BCUT2D eigenvalue weighted by Gasteiger charge is -2.24. The zero-order chi connectivity index (χ0) is 12.3. The molecule has 0 unspecified atom stereocenters. The number of carbonyl (C=O) groups excluding carboxylic acids is 1. The van der Waals surface area contributed by atoms with Crippen LogP contribution in [0.1, 0.15) is 20.8 Å². The van der Waals surface area contributed by atoms with Crippen molar-refractivity contribution in [1.29, 1.82) is 0 Å². The molecule has 3 nitrogen and oxygen atoms in total. The molecular weight excluding hydrogens is 218 g/mol. The predicted molar refractivity (Wildman–Crippen MR) is 66.5 cm³/mol. The van der Waals surface area contributed by atoms with E-state index in [1.54, 1.807) is 7.05 Å². The van der Waals surface area contributed by atoms with Crippen LogP contribution in [0.4, 0.5) is 10.5 Å². The van der Waals surface area contributed by atoms with E-state index in [9.17, 15) is 4.79 Å². The van der Waals surface area contributed by atoms with Gasteiger partial charge in [-0.2, -0.15) is 0 Å². The lowest BCUT2D eigenvalue weighted by molar-refractivity contribution is 0.0589. The van der Waals surface area contributed by atoms with Crippen LogP contribution in [-0.2, 0) is 4.74 Å². The number of amides is 1. The minimum atomic E-state index is -0.472. The van der Waals surface area contributed by atoms with Gasteiger partial charge in [-0.15, -0.1) is 0 Å². The van der Waals surface area contributed by atoms with Gasteiger partial charge in [-0.3, -0.25) is 4.90 Å². The molecule has 1 aromatic carbocycles. The third kappa shape index (κ3) is 3.70. The van der Waals surface area contributed by atoms with Gasteiger partial charge in [-0.05, 0) is 32.9 Å². The first-order valence-corrected chi connectivity index (χ1v) is 5.58. The van der Waals surface area contributed by atoms with Crippen LogP contribution in [0.15, 0.2) is 24.3 Å². The van der Waals surface area contributed by atoms with Gasteiger partial charge in [0.1, 0.15) is 5.60 Å². The highest BCUT2D eigenvalue weighted by Crippen LogP contribution is 2.15. The van der Waals surface area contributed by atoms with Crippen LogP contribution in [0.25, 0.3) is 0 Å². The molecule has 0 aliphatic carbocycles. The maximum Gasteiger partial charge on any atom is 0.414 e. The highest BCUT2D eigenvalue weighted by atomic mass is 28.1. The molecule has 0 aliphatic rings. The van der Waals surface area contributed by atoms with Crippen LogP contribution < -0.4 is 10.1 Å². The summed E-state index contributed by atoms with van der Waals surface area (Å²) in [6.07, 6.45) is -0.353. The van der Waals surface area contributed by atoms with Gasteiger partial charge in [0.15, 0.2) is 0 Å². The monoisotopic (exact) mass is 234 g/mol. The number of hydrogen-bond acceptors (Lipinski definition) is 2. The molecule has 0 aromatic heterocycles. The summed E-state index contributed by atoms with van der Waals surface area (Å²) in [5.74, 6) is 0. The number of carbonyl (C=O) groups is 1. The molecular formula is C12H16NO2Si. The lowest BCUT2D eigenvalue weighted by Crippen LogP contribution is -2.34. The third-order valence-corrected chi connectivity index (χ3v) is 2.26. The van der Waals surface area contributed by atoms with E-state index in [2.05, 4.69) is 10.2 Å². The molecule has 0 atom stereocenters. The van der Waals surface area contributed by atoms with Crippen molar-refractivity contribution < 1.29 is 9.53 Å². The molecule has 0 saturated heterocycles. The first kappa shape index (κ1) is 12.8. The van der Waals surface area contributed by atoms with E-state index in [0.717, 1.165) is 10.9 Å². The number of anilines is 1. The molecule has 0 bridgehead atoms. The molecule has 0 heterocycles. The van der Waals surface area contributed by atoms with E-state index in [0.29, 0.717) is 0 Å². The Morgan fingerprint density at radius 1 is 1.25 bits per heavy atom. The van der Waals surface area contributed by atoms with Crippen LogP contribution in [0.3, 0.4) is 0 Å². The third-order valence-electron chi connectivity index (χ3n) is 1.92. The highest BCUT2D eigenvalue weighted by molar-refractivity contribution is 6.32. The minimum absolute atomic E-state index is 0.353. The van der Waals surface area contributed by atoms with Gasteiger partial charge >= 0.3 is 6.09 Å². The Kier molecular flexibility index (Phi) is 3.75. The van der Waals surface area contributed by atoms with Gasteiger partial charge < -0.3 is 4.74 Å². The standard InChI is InChI=1S/C12H16NO2Si/c1-12(2,3)15-11(14)13(4)9-5-7-10(16)8-6-9/h5-8H,1-4H3. The van der Waals surface area contributed by atoms with Crippen molar-refractivity contribution in [1.82, 2.24) is 0 Å². The Hall–Kier alpha value is -1.29. The SMILES string of the molecule is CN(C(=O)OC(C)(C)C)c1ccc([Si])cc1. The molecule has 0 fully saturated rings. The Morgan fingerprint density at radius 3 is 2.19 bits per heavy atom. The highest BCUT2D eigenvalue weighted by Gasteiger charge is 2.20. The van der Waals surface area contributed by atoms with Crippen LogP contribution in [0, 0.1) is 0 Å². The summed E-state index contributed by atoms with van der Waals surface area (Å²) < 4.78 is 5.26. The van der Waals surface area contributed by atoms with Crippen LogP contribution in [0.5, 0.6) is 0 Å². The Labute approximate surface area is 99.8 Å². The lowest BCUT2D eigenvalue weighted by atomic mass is 10.2. The van der Waals surface area contributed by atoms with E-state index in [4.69, 9.17) is 4.74 Å². The zero-order valence-electron chi connectivity index (χ0n) is 10.1. The summed E-state index contributed by atoms with van der Waals surface area (Å²) in [6, 6.07) is 7.47. The van der Waals surface area contributed by atoms with Gasteiger partial charge in [0.05, 0.1) is 10.2 Å². The van der Waals surface area contributed by atoms with E-state index >= 15 is 0 Å². The summed E-state index contributed by atoms with van der Waals surface area (Å²) in [7, 11) is 5.09. The average molecular weight is 234 g/mol.